The van der Waals surface area contributed by atoms with Gasteiger partial charge in [-0.3, -0.25) is 4.79 Å². The van der Waals surface area contributed by atoms with Crippen LogP contribution in [0.15, 0.2) is 30.7 Å². The van der Waals surface area contributed by atoms with Crippen LogP contribution in [0, 0.1) is 0 Å². The molecule has 0 bridgehead atoms. The van der Waals surface area contributed by atoms with Crippen LogP contribution in [0.1, 0.15) is 20.8 Å². The highest BCUT2D eigenvalue weighted by Gasteiger charge is 2.13. The number of aromatic carboxylic acids is 1. The highest BCUT2D eigenvalue weighted by molar-refractivity contribution is 6.03. The summed E-state index contributed by atoms with van der Waals surface area (Å²) in [5, 5.41) is 11.6. The van der Waals surface area contributed by atoms with Gasteiger partial charge < -0.3 is 19.7 Å². The fourth-order valence-electron chi connectivity index (χ4n) is 1.67. The Hall–Kier alpha value is -2.83. The smallest absolute Gasteiger partial charge is 0.339 e. The van der Waals surface area contributed by atoms with Crippen LogP contribution >= 0.6 is 0 Å². The third-order valence-electron chi connectivity index (χ3n) is 2.63. The summed E-state index contributed by atoms with van der Waals surface area (Å²) in [6.45, 7) is 0. The van der Waals surface area contributed by atoms with E-state index in [0.717, 1.165) is 0 Å². The van der Waals surface area contributed by atoms with Crippen molar-refractivity contribution in [1.82, 2.24) is 9.55 Å². The molecule has 0 unspecified atom stereocenters. The van der Waals surface area contributed by atoms with Crippen molar-refractivity contribution in [3.8, 4) is 5.75 Å². The number of anilines is 1. The number of aromatic nitrogens is 2. The minimum absolute atomic E-state index is 0.0309. The third-order valence-corrected chi connectivity index (χ3v) is 2.63. The number of nitrogens with zero attached hydrogens (tertiary/aromatic N) is 2. The molecule has 0 saturated carbocycles. The van der Waals surface area contributed by atoms with Crippen LogP contribution in [0.25, 0.3) is 0 Å². The van der Waals surface area contributed by atoms with E-state index in [1.807, 2.05) is 0 Å². The van der Waals surface area contributed by atoms with Crippen molar-refractivity contribution in [3.05, 3.63) is 42.0 Å². The van der Waals surface area contributed by atoms with Crippen molar-refractivity contribution >= 4 is 17.6 Å². The van der Waals surface area contributed by atoms with Crippen molar-refractivity contribution in [3.63, 3.8) is 0 Å². The van der Waals surface area contributed by atoms with Gasteiger partial charge in [-0.15, -0.1) is 0 Å². The number of carboxylic acids is 1. The molecule has 1 aromatic carbocycles. The number of ether oxygens (including phenoxy) is 1. The number of hydrogen-bond donors (Lipinski definition) is 2. The molecule has 2 rings (SSSR count). The van der Waals surface area contributed by atoms with Gasteiger partial charge in [-0.1, -0.05) is 0 Å². The van der Waals surface area contributed by atoms with Gasteiger partial charge in [0.15, 0.2) is 0 Å². The van der Waals surface area contributed by atoms with E-state index in [1.165, 1.54) is 31.6 Å². The van der Waals surface area contributed by atoms with E-state index in [-0.39, 0.29) is 22.9 Å². The van der Waals surface area contributed by atoms with Crippen molar-refractivity contribution in [2.24, 2.45) is 7.05 Å². The first-order valence-electron chi connectivity index (χ1n) is 5.72. The summed E-state index contributed by atoms with van der Waals surface area (Å²) in [4.78, 5) is 26.8. The van der Waals surface area contributed by atoms with Gasteiger partial charge in [0.05, 0.1) is 13.4 Å². The van der Waals surface area contributed by atoms with Crippen molar-refractivity contribution < 1.29 is 19.4 Å². The lowest BCUT2D eigenvalue weighted by molar-refractivity contribution is 0.0693. The normalized spacial score (nSPS) is 10.1. The zero-order chi connectivity index (χ0) is 14.7. The summed E-state index contributed by atoms with van der Waals surface area (Å²) >= 11 is 0. The summed E-state index contributed by atoms with van der Waals surface area (Å²) in [6, 6.07) is 4.31. The highest BCUT2D eigenvalue weighted by Crippen LogP contribution is 2.23. The van der Waals surface area contributed by atoms with Crippen LogP contribution in [0.2, 0.25) is 0 Å². The molecule has 0 saturated heterocycles. The second kappa shape index (κ2) is 5.43. The molecule has 0 aliphatic rings. The number of carboxylic acid groups (broad SMARTS) is 1. The fraction of sp³-hybridized carbons (Fsp3) is 0.154. The van der Waals surface area contributed by atoms with Crippen LogP contribution in [0.4, 0.5) is 5.69 Å². The van der Waals surface area contributed by atoms with Gasteiger partial charge in [-0.2, -0.15) is 0 Å². The van der Waals surface area contributed by atoms with E-state index >= 15 is 0 Å². The molecule has 0 aliphatic carbocycles. The molecule has 0 aliphatic heterocycles. The molecule has 7 heteroatoms. The van der Waals surface area contributed by atoms with Gasteiger partial charge in [-0.25, -0.2) is 9.78 Å². The summed E-state index contributed by atoms with van der Waals surface area (Å²) in [5.41, 5.74) is 0.736. The Labute approximate surface area is 114 Å². The topological polar surface area (TPSA) is 93.5 Å². The van der Waals surface area contributed by atoms with Gasteiger partial charge in [0.25, 0.3) is 5.91 Å². The summed E-state index contributed by atoms with van der Waals surface area (Å²) < 4.78 is 6.64. The van der Waals surface area contributed by atoms with Crippen LogP contribution in [0.3, 0.4) is 0 Å². The average molecular weight is 275 g/mol. The zero-order valence-corrected chi connectivity index (χ0v) is 11.0. The molecule has 0 radical (unpaired) electrons. The minimum atomic E-state index is -1.09. The van der Waals surface area contributed by atoms with Gasteiger partial charge in [0, 0.05) is 25.0 Å². The Morgan fingerprint density at radius 3 is 2.70 bits per heavy atom. The number of rotatable bonds is 4. The quantitative estimate of drug-likeness (QED) is 0.879. The van der Waals surface area contributed by atoms with Crippen molar-refractivity contribution in [2.45, 2.75) is 0 Å². The SMILES string of the molecule is COc1cc(NC(=O)c2cn(C)cn2)ccc1C(=O)O. The number of hydrogen-bond acceptors (Lipinski definition) is 4. The monoisotopic (exact) mass is 275 g/mol. The molecule has 1 aromatic heterocycles. The Balaban J connectivity index is 2.22. The molecule has 20 heavy (non-hydrogen) atoms. The lowest BCUT2D eigenvalue weighted by Gasteiger charge is -2.08. The molecule has 104 valence electrons. The number of imidazole rings is 1. The molecule has 2 N–H and O–H groups in total. The molecule has 2 aromatic rings. The number of aryl methyl sites for hydroxylation is 1. The van der Waals surface area contributed by atoms with E-state index in [9.17, 15) is 9.59 Å². The number of methoxy groups -OCH3 is 1. The fourth-order valence-corrected chi connectivity index (χ4v) is 1.67. The van der Waals surface area contributed by atoms with E-state index in [0.29, 0.717) is 5.69 Å². The molecule has 0 atom stereocenters. The molecular weight excluding hydrogens is 262 g/mol. The largest absolute Gasteiger partial charge is 0.496 e. The van der Waals surface area contributed by atoms with E-state index in [4.69, 9.17) is 9.84 Å². The molecule has 7 nitrogen and oxygen atoms in total. The van der Waals surface area contributed by atoms with Crippen LogP contribution in [-0.2, 0) is 7.05 Å². The number of benzene rings is 1. The molecule has 0 spiro atoms. The van der Waals surface area contributed by atoms with Crippen molar-refractivity contribution in [2.75, 3.05) is 12.4 Å². The highest BCUT2D eigenvalue weighted by atomic mass is 16.5. The standard InChI is InChI=1S/C13H13N3O4/c1-16-6-10(14-7-16)12(17)15-8-3-4-9(13(18)19)11(5-8)20-2/h3-7H,1-2H3,(H,15,17)(H,18,19). The first-order chi connectivity index (χ1) is 9.51. The van der Waals surface area contributed by atoms with Gasteiger partial charge in [-0.05, 0) is 12.1 Å². The van der Waals surface area contributed by atoms with E-state index in [1.54, 1.807) is 17.8 Å². The predicted molar refractivity (Wildman–Crippen MR) is 71.1 cm³/mol. The second-order valence-electron chi connectivity index (χ2n) is 4.10. The maximum atomic E-state index is 11.9. The Bertz CT molecular complexity index is 663. The van der Waals surface area contributed by atoms with Crippen LogP contribution < -0.4 is 10.1 Å². The van der Waals surface area contributed by atoms with Crippen LogP contribution in [-0.4, -0.2) is 33.6 Å². The number of amides is 1. The van der Waals surface area contributed by atoms with Gasteiger partial charge >= 0.3 is 5.97 Å². The van der Waals surface area contributed by atoms with Gasteiger partial charge in [0.2, 0.25) is 0 Å². The second-order valence-corrected chi connectivity index (χ2v) is 4.10. The third kappa shape index (κ3) is 2.77. The minimum Gasteiger partial charge on any atom is -0.496 e. The number of carbonyl (C=O) groups excluding carboxylic acids is 1. The first-order valence-corrected chi connectivity index (χ1v) is 5.72. The molecule has 1 amide bonds. The molecule has 0 fully saturated rings. The number of carbonyl (C=O) groups is 2. The lowest BCUT2D eigenvalue weighted by Crippen LogP contribution is -2.12. The maximum Gasteiger partial charge on any atom is 0.339 e. The Kier molecular flexibility index (Phi) is 3.69. The van der Waals surface area contributed by atoms with Crippen molar-refractivity contribution in [1.29, 1.82) is 0 Å². The average Bonchev–Trinajstić information content (AvgIpc) is 2.85. The molecule has 1 heterocycles. The lowest BCUT2D eigenvalue weighted by atomic mass is 10.2. The summed E-state index contributed by atoms with van der Waals surface area (Å²) in [7, 11) is 3.13. The Morgan fingerprint density at radius 1 is 1.40 bits per heavy atom. The zero-order valence-electron chi connectivity index (χ0n) is 11.0. The Morgan fingerprint density at radius 2 is 2.15 bits per heavy atom. The summed E-state index contributed by atoms with van der Waals surface area (Å²) in [5.74, 6) is -1.29. The van der Waals surface area contributed by atoms with Crippen LogP contribution in [0.5, 0.6) is 5.75 Å². The summed E-state index contributed by atoms with van der Waals surface area (Å²) in [6.07, 6.45) is 3.10. The predicted octanol–water partition coefficient (Wildman–Crippen LogP) is 1.38. The maximum absolute atomic E-state index is 11.9. The molecular formula is C13H13N3O4. The van der Waals surface area contributed by atoms with E-state index in [2.05, 4.69) is 10.3 Å². The van der Waals surface area contributed by atoms with E-state index < -0.39 is 5.97 Å². The first kappa shape index (κ1) is 13.6. The number of nitrogens with one attached hydrogen (secondary N) is 1. The van der Waals surface area contributed by atoms with Gasteiger partial charge in [0.1, 0.15) is 17.0 Å².